The molecule has 2 aromatic rings. The summed E-state index contributed by atoms with van der Waals surface area (Å²) in [5, 5.41) is 7.32. The van der Waals surface area contributed by atoms with E-state index in [1.807, 2.05) is 0 Å². The van der Waals surface area contributed by atoms with E-state index in [0.717, 1.165) is 6.54 Å². The lowest BCUT2D eigenvalue weighted by Crippen LogP contribution is -2.36. The Bertz CT molecular complexity index is 772. The normalized spacial score (nSPS) is 18.3. The Balaban J connectivity index is 1.59. The predicted molar refractivity (Wildman–Crippen MR) is 105 cm³/mol. The molecule has 0 saturated carbocycles. The Morgan fingerprint density at radius 1 is 1.24 bits per heavy atom. The number of aromatic nitrogens is 2. The predicted octanol–water partition coefficient (Wildman–Crippen LogP) is 3.53. The lowest BCUT2D eigenvalue weighted by atomic mass is 10.0. The van der Waals surface area contributed by atoms with E-state index < -0.39 is 0 Å². The van der Waals surface area contributed by atoms with E-state index in [4.69, 9.17) is 0 Å². The quantitative estimate of drug-likeness (QED) is 0.827. The fourth-order valence-electron chi connectivity index (χ4n) is 3.22. The molecule has 2 heterocycles. The van der Waals surface area contributed by atoms with Crippen LogP contribution in [-0.2, 0) is 20.1 Å². The van der Waals surface area contributed by atoms with E-state index >= 15 is 0 Å². The number of rotatable bonds is 5. The van der Waals surface area contributed by atoms with Crippen LogP contribution in [0.4, 0.5) is 5.69 Å². The van der Waals surface area contributed by atoms with Crippen molar-refractivity contribution in [1.29, 1.82) is 0 Å². The van der Waals surface area contributed by atoms with Crippen LogP contribution in [0, 0.1) is 0 Å². The zero-order valence-corrected chi connectivity index (χ0v) is 16.4. The average Bonchev–Trinajstić information content (AvgIpc) is 2.62. The number of aryl methyl sites for hydroxylation is 1. The summed E-state index contributed by atoms with van der Waals surface area (Å²) in [6.45, 7) is 5.22. The highest BCUT2D eigenvalue weighted by atomic mass is 79.9. The van der Waals surface area contributed by atoms with Crippen molar-refractivity contribution in [3.63, 3.8) is 0 Å². The Labute approximate surface area is 157 Å². The number of hydrogen-bond acceptors (Lipinski definition) is 4. The SMILES string of the molecule is CC1CCCCN1Cc1ccc(CNc2cnn(C)c(=O)c2Br)cc1. The van der Waals surface area contributed by atoms with Gasteiger partial charge in [0.15, 0.2) is 0 Å². The van der Waals surface area contributed by atoms with Gasteiger partial charge >= 0.3 is 0 Å². The third-order valence-corrected chi connectivity index (χ3v) is 5.68. The maximum absolute atomic E-state index is 11.9. The fraction of sp³-hybridized carbons (Fsp3) is 0.474. The molecule has 1 aromatic carbocycles. The molecule has 0 bridgehead atoms. The minimum atomic E-state index is -0.143. The average molecular weight is 405 g/mol. The van der Waals surface area contributed by atoms with Crippen LogP contribution in [0.5, 0.6) is 0 Å². The number of benzene rings is 1. The molecule has 1 aromatic heterocycles. The van der Waals surface area contributed by atoms with Crippen molar-refractivity contribution >= 4 is 21.6 Å². The molecular weight excluding hydrogens is 380 g/mol. The van der Waals surface area contributed by atoms with E-state index in [-0.39, 0.29) is 5.56 Å². The lowest BCUT2D eigenvalue weighted by Gasteiger charge is -2.33. The zero-order valence-electron chi connectivity index (χ0n) is 14.8. The van der Waals surface area contributed by atoms with Crippen LogP contribution >= 0.6 is 15.9 Å². The topological polar surface area (TPSA) is 50.2 Å². The molecule has 0 aliphatic carbocycles. The second-order valence-corrected chi connectivity index (χ2v) is 7.58. The Kier molecular flexibility index (Phi) is 5.91. The fourth-order valence-corrected chi connectivity index (χ4v) is 3.72. The van der Waals surface area contributed by atoms with Gasteiger partial charge in [-0.15, -0.1) is 0 Å². The van der Waals surface area contributed by atoms with Crippen molar-refractivity contribution < 1.29 is 0 Å². The Morgan fingerprint density at radius 3 is 2.68 bits per heavy atom. The van der Waals surface area contributed by atoms with Crippen molar-refractivity contribution in [3.8, 4) is 0 Å². The van der Waals surface area contributed by atoms with Gasteiger partial charge in [-0.1, -0.05) is 30.7 Å². The number of nitrogens with zero attached hydrogens (tertiary/aromatic N) is 3. The summed E-state index contributed by atoms with van der Waals surface area (Å²) in [7, 11) is 1.64. The van der Waals surface area contributed by atoms with Crippen LogP contribution in [0.15, 0.2) is 39.7 Å². The molecule has 134 valence electrons. The third-order valence-electron chi connectivity index (χ3n) is 4.91. The highest BCUT2D eigenvalue weighted by molar-refractivity contribution is 9.10. The van der Waals surface area contributed by atoms with Gasteiger partial charge in [0.05, 0.1) is 11.9 Å². The smallest absolute Gasteiger partial charge is 0.282 e. The first kappa shape index (κ1) is 18.1. The van der Waals surface area contributed by atoms with Gasteiger partial charge in [-0.05, 0) is 53.4 Å². The molecule has 1 unspecified atom stereocenters. The molecule has 3 rings (SSSR count). The standard InChI is InChI=1S/C19H25BrN4O/c1-14-5-3-4-10-24(14)13-16-8-6-15(7-9-16)11-21-17-12-22-23(2)19(25)18(17)20/h6-9,12,14,21H,3-5,10-11,13H2,1-2H3. The first-order valence-corrected chi connectivity index (χ1v) is 9.61. The molecule has 1 N–H and O–H groups in total. The molecule has 0 spiro atoms. The monoisotopic (exact) mass is 404 g/mol. The second-order valence-electron chi connectivity index (χ2n) is 6.79. The Morgan fingerprint density at radius 2 is 1.96 bits per heavy atom. The molecule has 1 fully saturated rings. The van der Waals surface area contributed by atoms with Gasteiger partial charge in [0.25, 0.3) is 5.56 Å². The summed E-state index contributed by atoms with van der Waals surface area (Å²) in [6.07, 6.45) is 5.64. The summed E-state index contributed by atoms with van der Waals surface area (Å²) in [5.74, 6) is 0. The molecule has 5 nitrogen and oxygen atoms in total. The number of nitrogens with one attached hydrogen (secondary N) is 1. The van der Waals surface area contributed by atoms with Crippen molar-refractivity contribution in [2.24, 2.45) is 7.05 Å². The first-order valence-electron chi connectivity index (χ1n) is 8.82. The molecule has 25 heavy (non-hydrogen) atoms. The van der Waals surface area contributed by atoms with Gasteiger partial charge in [-0.2, -0.15) is 5.10 Å². The largest absolute Gasteiger partial charge is 0.379 e. The number of piperidine rings is 1. The van der Waals surface area contributed by atoms with Gasteiger partial charge in [-0.3, -0.25) is 9.69 Å². The van der Waals surface area contributed by atoms with Gasteiger partial charge in [0.1, 0.15) is 4.47 Å². The van der Waals surface area contributed by atoms with Gasteiger partial charge in [0, 0.05) is 26.2 Å². The van der Waals surface area contributed by atoms with Crippen LogP contribution in [0.25, 0.3) is 0 Å². The lowest BCUT2D eigenvalue weighted by molar-refractivity contribution is 0.152. The zero-order chi connectivity index (χ0) is 17.8. The van der Waals surface area contributed by atoms with Crippen LogP contribution < -0.4 is 10.9 Å². The Hall–Kier alpha value is -1.66. The van der Waals surface area contributed by atoms with E-state index in [0.29, 0.717) is 22.7 Å². The minimum absolute atomic E-state index is 0.143. The van der Waals surface area contributed by atoms with Crippen LogP contribution in [-0.4, -0.2) is 27.3 Å². The van der Waals surface area contributed by atoms with Crippen molar-refractivity contribution in [2.75, 3.05) is 11.9 Å². The molecule has 6 heteroatoms. The van der Waals surface area contributed by atoms with Crippen LogP contribution in [0.3, 0.4) is 0 Å². The number of anilines is 1. The molecular formula is C19H25BrN4O. The molecule has 1 atom stereocenters. The number of halogens is 1. The summed E-state index contributed by atoms with van der Waals surface area (Å²) < 4.78 is 1.83. The van der Waals surface area contributed by atoms with E-state index in [1.165, 1.54) is 41.6 Å². The van der Waals surface area contributed by atoms with Gasteiger partial charge < -0.3 is 5.32 Å². The number of likely N-dealkylation sites (tertiary alicyclic amines) is 1. The molecule has 1 saturated heterocycles. The van der Waals surface area contributed by atoms with Crippen molar-refractivity contribution in [3.05, 3.63) is 56.4 Å². The molecule has 0 radical (unpaired) electrons. The molecule has 1 aliphatic rings. The maximum atomic E-state index is 11.9. The van der Waals surface area contributed by atoms with Gasteiger partial charge in [-0.25, -0.2) is 4.68 Å². The molecule has 0 amide bonds. The third kappa shape index (κ3) is 4.50. The summed E-state index contributed by atoms with van der Waals surface area (Å²) >= 11 is 3.34. The first-order chi connectivity index (χ1) is 12.0. The highest BCUT2D eigenvalue weighted by Gasteiger charge is 2.17. The van der Waals surface area contributed by atoms with E-state index in [2.05, 4.69) is 62.4 Å². The maximum Gasteiger partial charge on any atom is 0.282 e. The van der Waals surface area contributed by atoms with Crippen LogP contribution in [0.2, 0.25) is 0 Å². The van der Waals surface area contributed by atoms with Gasteiger partial charge in [0.2, 0.25) is 0 Å². The summed E-state index contributed by atoms with van der Waals surface area (Å²) in [4.78, 5) is 14.4. The van der Waals surface area contributed by atoms with Crippen LogP contribution in [0.1, 0.15) is 37.3 Å². The second kappa shape index (κ2) is 8.15. The van der Waals surface area contributed by atoms with E-state index in [1.54, 1.807) is 13.2 Å². The molecule has 1 aliphatic heterocycles. The summed E-state index contributed by atoms with van der Waals surface area (Å²) in [6, 6.07) is 9.39. The summed E-state index contributed by atoms with van der Waals surface area (Å²) in [5.41, 5.74) is 3.11. The highest BCUT2D eigenvalue weighted by Crippen LogP contribution is 2.20. The van der Waals surface area contributed by atoms with Crippen molar-refractivity contribution in [2.45, 2.75) is 45.3 Å². The van der Waals surface area contributed by atoms with E-state index in [9.17, 15) is 4.79 Å². The van der Waals surface area contributed by atoms with Crippen molar-refractivity contribution in [1.82, 2.24) is 14.7 Å². The minimum Gasteiger partial charge on any atom is -0.379 e. The number of hydrogen-bond donors (Lipinski definition) is 1.